The van der Waals surface area contributed by atoms with Crippen molar-refractivity contribution < 1.29 is 4.79 Å². The van der Waals surface area contributed by atoms with Crippen LogP contribution in [0.2, 0.25) is 0 Å². The van der Waals surface area contributed by atoms with Crippen LogP contribution in [-0.4, -0.2) is 22.2 Å². The number of amides is 1. The average molecular weight is 341 g/mol. The first-order chi connectivity index (χ1) is 11.9. The predicted octanol–water partition coefficient (Wildman–Crippen LogP) is 4.53. The van der Waals surface area contributed by atoms with Gasteiger partial charge >= 0.3 is 0 Å². The molecule has 1 aromatic heterocycles. The molecule has 0 radical (unpaired) electrons. The van der Waals surface area contributed by atoms with Crippen LogP contribution in [0.15, 0.2) is 30.3 Å². The number of aromatic nitrogens is 2. The lowest BCUT2D eigenvalue weighted by atomic mass is 10.1. The van der Waals surface area contributed by atoms with Gasteiger partial charge in [0.1, 0.15) is 0 Å². The van der Waals surface area contributed by atoms with Crippen LogP contribution in [-0.2, 0) is 17.8 Å². The molecule has 0 spiro atoms. The van der Waals surface area contributed by atoms with E-state index in [0.717, 1.165) is 48.6 Å². The summed E-state index contributed by atoms with van der Waals surface area (Å²) in [5, 5.41) is 4.64. The summed E-state index contributed by atoms with van der Waals surface area (Å²) in [4.78, 5) is 15.0. The lowest BCUT2D eigenvalue weighted by Crippen LogP contribution is -2.33. The largest absolute Gasteiger partial charge is 0.312 e. The maximum atomic E-state index is 13.0. The highest BCUT2D eigenvalue weighted by molar-refractivity contribution is 5.95. The molecule has 0 aliphatic carbocycles. The van der Waals surface area contributed by atoms with Crippen molar-refractivity contribution in [3.63, 3.8) is 0 Å². The third-order valence-corrected chi connectivity index (χ3v) is 4.50. The van der Waals surface area contributed by atoms with Crippen LogP contribution in [0.25, 0.3) is 0 Å². The maximum Gasteiger partial charge on any atom is 0.231 e. The monoisotopic (exact) mass is 341 g/mol. The molecule has 0 saturated carbocycles. The van der Waals surface area contributed by atoms with E-state index in [1.165, 1.54) is 0 Å². The number of para-hydroxylation sites is 1. The first kappa shape index (κ1) is 19.2. The topological polar surface area (TPSA) is 38.1 Å². The van der Waals surface area contributed by atoms with Gasteiger partial charge in [-0.3, -0.25) is 9.48 Å². The van der Waals surface area contributed by atoms with Crippen LogP contribution in [0.3, 0.4) is 0 Å². The Morgan fingerprint density at radius 2 is 1.88 bits per heavy atom. The molecule has 0 aliphatic rings. The average Bonchev–Trinajstić information content (AvgIpc) is 2.83. The van der Waals surface area contributed by atoms with E-state index in [0.29, 0.717) is 12.3 Å². The molecule has 0 unspecified atom stereocenters. The molecule has 136 valence electrons. The Balaban J connectivity index is 2.22. The molecule has 0 N–H and O–H groups in total. The summed E-state index contributed by atoms with van der Waals surface area (Å²) in [6.45, 7) is 12.2. The van der Waals surface area contributed by atoms with Crippen LogP contribution < -0.4 is 4.90 Å². The number of hydrogen-bond donors (Lipinski definition) is 0. The minimum absolute atomic E-state index is 0.148. The molecule has 0 fully saturated rings. The molecule has 1 aromatic carbocycles. The van der Waals surface area contributed by atoms with Crippen LogP contribution in [0, 0.1) is 19.8 Å². The number of benzene rings is 1. The van der Waals surface area contributed by atoms with Crippen molar-refractivity contribution in [3.8, 4) is 0 Å². The molecular weight excluding hydrogens is 310 g/mol. The van der Waals surface area contributed by atoms with Crippen molar-refractivity contribution in [1.29, 1.82) is 0 Å². The predicted molar refractivity (Wildman–Crippen MR) is 104 cm³/mol. The number of carbonyl (C=O) groups is 1. The van der Waals surface area contributed by atoms with Gasteiger partial charge in [-0.05, 0) is 38.3 Å². The summed E-state index contributed by atoms with van der Waals surface area (Å²) in [7, 11) is 0. The Morgan fingerprint density at radius 3 is 2.48 bits per heavy atom. The molecule has 1 amide bonds. The van der Waals surface area contributed by atoms with Crippen molar-refractivity contribution in [2.75, 3.05) is 11.4 Å². The highest BCUT2D eigenvalue weighted by Crippen LogP contribution is 2.20. The van der Waals surface area contributed by atoms with Crippen molar-refractivity contribution >= 4 is 11.6 Å². The Kier molecular flexibility index (Phi) is 6.80. The number of unbranched alkanes of at least 4 members (excludes halogenated alkanes) is 1. The molecule has 2 rings (SSSR count). The maximum absolute atomic E-state index is 13.0. The van der Waals surface area contributed by atoms with E-state index in [2.05, 4.69) is 32.8 Å². The molecule has 4 heteroatoms. The first-order valence-electron chi connectivity index (χ1n) is 9.32. The third-order valence-electron chi connectivity index (χ3n) is 4.50. The van der Waals surface area contributed by atoms with Crippen LogP contribution in [0.1, 0.15) is 50.6 Å². The summed E-state index contributed by atoms with van der Waals surface area (Å²) >= 11 is 0. The molecule has 4 nitrogen and oxygen atoms in total. The number of anilines is 1. The Hall–Kier alpha value is -2.10. The zero-order chi connectivity index (χ0) is 18.4. The van der Waals surface area contributed by atoms with E-state index in [1.54, 1.807) is 0 Å². The number of hydrogen-bond acceptors (Lipinski definition) is 2. The van der Waals surface area contributed by atoms with E-state index in [4.69, 9.17) is 0 Å². The van der Waals surface area contributed by atoms with Crippen LogP contribution in [0.4, 0.5) is 5.69 Å². The van der Waals surface area contributed by atoms with E-state index < -0.39 is 0 Å². The van der Waals surface area contributed by atoms with Gasteiger partial charge in [0.25, 0.3) is 0 Å². The van der Waals surface area contributed by atoms with Crippen molar-refractivity contribution in [2.45, 2.75) is 60.4 Å². The van der Waals surface area contributed by atoms with Crippen molar-refractivity contribution in [1.82, 2.24) is 9.78 Å². The number of rotatable bonds is 8. The first-order valence-corrected chi connectivity index (χ1v) is 9.32. The second-order valence-corrected chi connectivity index (χ2v) is 7.14. The molecule has 2 aromatic rings. The van der Waals surface area contributed by atoms with Crippen molar-refractivity contribution in [2.24, 2.45) is 5.92 Å². The van der Waals surface area contributed by atoms with Gasteiger partial charge in [0, 0.05) is 30.0 Å². The van der Waals surface area contributed by atoms with Crippen LogP contribution >= 0.6 is 0 Å². The molecule has 0 atom stereocenters. The SMILES string of the molecule is CCCCN(C(=O)Cc1c(C)nn(CC(C)C)c1C)c1ccccc1. The highest BCUT2D eigenvalue weighted by atomic mass is 16.2. The normalized spacial score (nSPS) is 11.1. The summed E-state index contributed by atoms with van der Waals surface area (Å²) < 4.78 is 2.04. The van der Waals surface area contributed by atoms with Gasteiger partial charge in [0.05, 0.1) is 12.1 Å². The Morgan fingerprint density at radius 1 is 1.20 bits per heavy atom. The van der Waals surface area contributed by atoms with Gasteiger partial charge in [-0.15, -0.1) is 0 Å². The van der Waals surface area contributed by atoms with Gasteiger partial charge in [0.15, 0.2) is 0 Å². The highest BCUT2D eigenvalue weighted by Gasteiger charge is 2.20. The molecule has 0 saturated heterocycles. The minimum atomic E-state index is 0.148. The fraction of sp³-hybridized carbons (Fsp3) is 0.524. The van der Waals surface area contributed by atoms with Gasteiger partial charge in [-0.1, -0.05) is 45.4 Å². The van der Waals surface area contributed by atoms with E-state index in [9.17, 15) is 4.79 Å². The van der Waals surface area contributed by atoms with Crippen molar-refractivity contribution in [3.05, 3.63) is 47.3 Å². The fourth-order valence-electron chi connectivity index (χ4n) is 3.08. The third kappa shape index (κ3) is 4.94. The lowest BCUT2D eigenvalue weighted by Gasteiger charge is -2.23. The van der Waals surface area contributed by atoms with E-state index in [1.807, 2.05) is 46.8 Å². The second kappa shape index (κ2) is 8.84. The number of aryl methyl sites for hydroxylation is 1. The Labute approximate surface area is 151 Å². The van der Waals surface area contributed by atoms with Gasteiger partial charge in [-0.25, -0.2) is 0 Å². The summed E-state index contributed by atoms with van der Waals surface area (Å²) in [5.41, 5.74) is 4.13. The van der Waals surface area contributed by atoms with Gasteiger partial charge < -0.3 is 4.90 Å². The molecule has 0 bridgehead atoms. The second-order valence-electron chi connectivity index (χ2n) is 7.14. The smallest absolute Gasteiger partial charge is 0.231 e. The Bertz CT molecular complexity index is 689. The van der Waals surface area contributed by atoms with Gasteiger partial charge in [0.2, 0.25) is 5.91 Å². The quantitative estimate of drug-likeness (QED) is 0.707. The fourth-order valence-corrected chi connectivity index (χ4v) is 3.08. The zero-order valence-electron chi connectivity index (χ0n) is 16.2. The molecular formula is C21H31N3O. The summed E-state index contributed by atoms with van der Waals surface area (Å²) in [6, 6.07) is 9.97. The van der Waals surface area contributed by atoms with E-state index >= 15 is 0 Å². The number of carbonyl (C=O) groups excluding carboxylic acids is 1. The summed E-state index contributed by atoms with van der Waals surface area (Å²) in [6.07, 6.45) is 2.49. The van der Waals surface area contributed by atoms with Crippen LogP contribution in [0.5, 0.6) is 0 Å². The molecule has 0 aliphatic heterocycles. The lowest BCUT2D eigenvalue weighted by molar-refractivity contribution is -0.118. The molecule has 25 heavy (non-hydrogen) atoms. The molecule has 1 heterocycles. The minimum Gasteiger partial charge on any atom is -0.312 e. The zero-order valence-corrected chi connectivity index (χ0v) is 16.2. The number of nitrogens with zero attached hydrogens (tertiary/aromatic N) is 3. The van der Waals surface area contributed by atoms with E-state index in [-0.39, 0.29) is 5.91 Å². The summed E-state index contributed by atoms with van der Waals surface area (Å²) in [5.74, 6) is 0.682. The standard InChI is InChI=1S/C21H31N3O/c1-6-7-13-23(19-11-9-8-10-12-19)21(25)14-20-17(4)22-24(18(20)5)15-16(2)3/h8-12,16H,6-7,13-15H2,1-5H3. The van der Waals surface area contributed by atoms with Gasteiger partial charge in [-0.2, -0.15) is 5.10 Å².